The van der Waals surface area contributed by atoms with Crippen LogP contribution in [0.3, 0.4) is 0 Å². The summed E-state index contributed by atoms with van der Waals surface area (Å²) in [5.41, 5.74) is -0.185. The number of halogens is 3. The van der Waals surface area contributed by atoms with Crippen molar-refractivity contribution in [2.75, 3.05) is 18.1 Å². The Hall–Kier alpha value is -2.59. The first-order valence-electron chi connectivity index (χ1n) is 7.81. The fourth-order valence-corrected chi connectivity index (χ4v) is 4.45. The van der Waals surface area contributed by atoms with E-state index in [4.69, 9.17) is 5.11 Å². The Bertz CT molecular complexity index is 959. The van der Waals surface area contributed by atoms with Gasteiger partial charge in [-0.05, 0) is 29.8 Å². The van der Waals surface area contributed by atoms with Crippen LogP contribution in [-0.2, 0) is 27.5 Å². The van der Waals surface area contributed by atoms with Crippen LogP contribution in [-0.4, -0.2) is 37.0 Å². The number of sulfonamides is 1. The molecule has 6 nitrogen and oxygen atoms in total. The normalized spacial score (nSPS) is 16.8. The topological polar surface area (TPSA) is 77.9 Å². The van der Waals surface area contributed by atoms with Gasteiger partial charge in [-0.1, -0.05) is 24.3 Å². The van der Waals surface area contributed by atoms with Crippen LogP contribution in [0.25, 0.3) is 0 Å². The molecule has 0 unspecified atom stereocenters. The van der Waals surface area contributed by atoms with Gasteiger partial charge in [-0.15, -0.1) is 0 Å². The Morgan fingerprint density at radius 2 is 1.70 bits per heavy atom. The largest absolute Gasteiger partial charge is 0.480 e. The van der Waals surface area contributed by atoms with Gasteiger partial charge < -0.3 is 10.0 Å². The van der Waals surface area contributed by atoms with Gasteiger partial charge in [0.2, 0.25) is 10.0 Å². The minimum atomic E-state index is -4.48. The number of nitrogens with zero attached hydrogens (tertiary/aromatic N) is 2. The number of hydrogen-bond acceptors (Lipinski definition) is 4. The zero-order valence-corrected chi connectivity index (χ0v) is 14.7. The van der Waals surface area contributed by atoms with Crippen molar-refractivity contribution >= 4 is 21.7 Å². The number of aliphatic carboxylic acids is 1. The molecule has 10 heteroatoms. The van der Waals surface area contributed by atoms with Gasteiger partial charge in [0.15, 0.2) is 0 Å². The van der Waals surface area contributed by atoms with Crippen molar-refractivity contribution in [3.8, 4) is 0 Å². The van der Waals surface area contributed by atoms with Crippen LogP contribution >= 0.6 is 0 Å². The average Bonchev–Trinajstić information content (AvgIpc) is 2.59. The number of para-hydroxylation sites is 1. The molecule has 0 aliphatic carbocycles. The molecule has 1 aliphatic heterocycles. The second kappa shape index (κ2) is 6.86. The molecule has 144 valence electrons. The molecule has 0 bridgehead atoms. The third-order valence-electron chi connectivity index (χ3n) is 4.12. The number of benzene rings is 2. The second-order valence-electron chi connectivity index (χ2n) is 6.01. The monoisotopic (exact) mass is 400 g/mol. The van der Waals surface area contributed by atoms with Gasteiger partial charge in [0.1, 0.15) is 11.4 Å². The number of carbonyl (C=O) groups is 1. The van der Waals surface area contributed by atoms with Crippen molar-refractivity contribution in [1.82, 2.24) is 4.31 Å². The first kappa shape index (κ1) is 19.2. The molecule has 1 heterocycles. The lowest BCUT2D eigenvalue weighted by Crippen LogP contribution is -2.47. The van der Waals surface area contributed by atoms with Crippen LogP contribution in [0.2, 0.25) is 0 Å². The maximum atomic E-state index is 12.8. The standard InChI is InChI=1S/C17H15F3N2O4S/c18-17(19,20)13-7-5-12(6-8-13)9-22-11-21(10-16(23)24)14-3-1-2-4-15(14)27(22,25)26/h1-8H,9-11H2,(H,23,24). The van der Waals surface area contributed by atoms with Gasteiger partial charge >= 0.3 is 12.1 Å². The molecule has 0 radical (unpaired) electrons. The highest BCUT2D eigenvalue weighted by molar-refractivity contribution is 7.89. The number of carboxylic acids is 1. The summed E-state index contributed by atoms with van der Waals surface area (Å²) in [6.45, 7) is -0.798. The predicted octanol–water partition coefficient (Wildman–Crippen LogP) is 2.76. The van der Waals surface area contributed by atoms with Crippen molar-refractivity contribution in [2.24, 2.45) is 0 Å². The quantitative estimate of drug-likeness (QED) is 0.854. The fraction of sp³-hybridized carbons (Fsp3) is 0.235. The Kier molecular flexibility index (Phi) is 4.87. The Labute approximate surface area is 153 Å². The molecule has 3 rings (SSSR count). The number of rotatable bonds is 4. The van der Waals surface area contributed by atoms with Crippen molar-refractivity contribution in [2.45, 2.75) is 17.6 Å². The SMILES string of the molecule is O=C(O)CN1CN(Cc2ccc(C(F)(F)F)cc2)S(=O)(=O)c2ccccc21. The van der Waals surface area contributed by atoms with Crippen LogP contribution in [0.15, 0.2) is 53.4 Å². The van der Waals surface area contributed by atoms with E-state index in [9.17, 15) is 26.4 Å². The number of fused-ring (bicyclic) bond motifs is 1. The fourth-order valence-electron chi connectivity index (χ4n) is 2.85. The van der Waals surface area contributed by atoms with Crippen LogP contribution in [0.5, 0.6) is 0 Å². The highest BCUT2D eigenvalue weighted by atomic mass is 32.2. The van der Waals surface area contributed by atoms with E-state index in [1.807, 2.05) is 0 Å². The minimum Gasteiger partial charge on any atom is -0.480 e. The molecule has 2 aromatic rings. The molecule has 0 aromatic heterocycles. The Balaban J connectivity index is 1.92. The van der Waals surface area contributed by atoms with Gasteiger partial charge in [-0.25, -0.2) is 8.42 Å². The third-order valence-corrected chi connectivity index (χ3v) is 5.94. The predicted molar refractivity (Wildman–Crippen MR) is 90.5 cm³/mol. The van der Waals surface area contributed by atoms with E-state index < -0.39 is 34.3 Å². The zero-order chi connectivity index (χ0) is 19.8. The average molecular weight is 400 g/mol. The van der Waals surface area contributed by atoms with Crippen molar-refractivity contribution in [1.29, 1.82) is 0 Å². The molecule has 0 saturated carbocycles. The molecule has 0 fully saturated rings. The molecule has 27 heavy (non-hydrogen) atoms. The lowest BCUT2D eigenvalue weighted by molar-refractivity contribution is -0.137. The number of alkyl halides is 3. The van der Waals surface area contributed by atoms with E-state index in [2.05, 4.69) is 0 Å². The van der Waals surface area contributed by atoms with E-state index in [1.165, 1.54) is 35.2 Å². The molecular weight excluding hydrogens is 385 g/mol. The number of anilines is 1. The summed E-state index contributed by atoms with van der Waals surface area (Å²) in [5.74, 6) is -1.13. The van der Waals surface area contributed by atoms with Crippen molar-refractivity contribution < 1.29 is 31.5 Å². The first-order valence-corrected chi connectivity index (χ1v) is 9.25. The van der Waals surface area contributed by atoms with Crippen LogP contribution in [0, 0.1) is 0 Å². The summed E-state index contributed by atoms with van der Waals surface area (Å²) in [7, 11) is -3.91. The zero-order valence-electron chi connectivity index (χ0n) is 13.8. The molecular formula is C17H15F3N2O4S. The van der Waals surface area contributed by atoms with E-state index in [0.717, 1.165) is 16.4 Å². The molecule has 1 aliphatic rings. The number of carboxylic acid groups (broad SMARTS) is 1. The summed E-state index contributed by atoms with van der Waals surface area (Å²) in [6, 6.07) is 10.2. The summed E-state index contributed by atoms with van der Waals surface area (Å²) < 4.78 is 64.7. The van der Waals surface area contributed by atoms with Crippen molar-refractivity contribution in [3.05, 3.63) is 59.7 Å². The maximum Gasteiger partial charge on any atom is 0.416 e. The summed E-state index contributed by atoms with van der Waals surface area (Å²) in [5, 5.41) is 9.09. The summed E-state index contributed by atoms with van der Waals surface area (Å²) >= 11 is 0. The van der Waals surface area contributed by atoms with E-state index >= 15 is 0 Å². The van der Waals surface area contributed by atoms with E-state index in [0.29, 0.717) is 5.56 Å². The van der Waals surface area contributed by atoms with Gasteiger partial charge in [0.05, 0.1) is 17.9 Å². The molecule has 1 N–H and O–H groups in total. The highest BCUT2D eigenvalue weighted by Crippen LogP contribution is 2.34. The maximum absolute atomic E-state index is 12.8. The van der Waals surface area contributed by atoms with Gasteiger partial charge in [0.25, 0.3) is 0 Å². The number of hydrogen-bond donors (Lipinski definition) is 1. The molecule has 0 amide bonds. The lowest BCUT2D eigenvalue weighted by Gasteiger charge is -2.36. The molecule has 0 spiro atoms. The second-order valence-corrected chi connectivity index (χ2v) is 7.92. The summed E-state index contributed by atoms with van der Waals surface area (Å²) in [4.78, 5) is 12.5. The van der Waals surface area contributed by atoms with Gasteiger partial charge in [0, 0.05) is 6.54 Å². The Morgan fingerprint density at radius 3 is 2.30 bits per heavy atom. The molecule has 0 atom stereocenters. The summed E-state index contributed by atoms with van der Waals surface area (Å²) in [6.07, 6.45) is -4.48. The van der Waals surface area contributed by atoms with Crippen LogP contribution in [0.1, 0.15) is 11.1 Å². The first-order chi connectivity index (χ1) is 12.6. The Morgan fingerprint density at radius 1 is 1.07 bits per heavy atom. The lowest BCUT2D eigenvalue weighted by atomic mass is 10.1. The third kappa shape index (κ3) is 3.91. The van der Waals surface area contributed by atoms with Crippen molar-refractivity contribution in [3.63, 3.8) is 0 Å². The highest BCUT2D eigenvalue weighted by Gasteiger charge is 2.36. The van der Waals surface area contributed by atoms with Gasteiger partial charge in [-0.2, -0.15) is 17.5 Å². The molecule has 2 aromatic carbocycles. The molecule has 0 saturated heterocycles. The smallest absolute Gasteiger partial charge is 0.416 e. The van der Waals surface area contributed by atoms with Gasteiger partial charge in [-0.3, -0.25) is 4.79 Å². The minimum absolute atomic E-state index is 0.0376. The van der Waals surface area contributed by atoms with Crippen LogP contribution < -0.4 is 4.90 Å². The van der Waals surface area contributed by atoms with E-state index in [1.54, 1.807) is 6.07 Å². The van der Waals surface area contributed by atoms with E-state index in [-0.39, 0.29) is 23.8 Å². The van der Waals surface area contributed by atoms with Crippen LogP contribution in [0.4, 0.5) is 18.9 Å².